The number of halogens is 1. The van der Waals surface area contributed by atoms with Crippen molar-refractivity contribution < 1.29 is 14.5 Å². The largest absolute Gasteiger partial charge is 0.466 e. The van der Waals surface area contributed by atoms with Crippen molar-refractivity contribution in [3.63, 3.8) is 0 Å². The Bertz CT molecular complexity index is 1450. The van der Waals surface area contributed by atoms with Crippen LogP contribution in [0.2, 0.25) is 5.02 Å². The van der Waals surface area contributed by atoms with E-state index in [4.69, 9.17) is 16.3 Å². The summed E-state index contributed by atoms with van der Waals surface area (Å²) in [5, 5.41) is 12.3. The number of carbonyl (C=O) groups is 1. The van der Waals surface area contributed by atoms with E-state index in [1.807, 2.05) is 0 Å². The second kappa shape index (κ2) is 8.52. The Labute approximate surface area is 190 Å². The first kappa shape index (κ1) is 21.7. The molecule has 162 valence electrons. The van der Waals surface area contributed by atoms with Crippen molar-refractivity contribution in [2.24, 2.45) is 4.99 Å². The Morgan fingerprint density at radius 1 is 1.25 bits per heavy atom. The molecule has 32 heavy (non-hydrogen) atoms. The maximum atomic E-state index is 13.4. The van der Waals surface area contributed by atoms with Crippen molar-refractivity contribution in [1.29, 1.82) is 0 Å². The monoisotopic (exact) mass is 469 g/mol. The summed E-state index contributed by atoms with van der Waals surface area (Å²) >= 11 is 7.07. The molecule has 2 aromatic carbocycles. The van der Waals surface area contributed by atoms with Gasteiger partial charge < -0.3 is 4.74 Å². The van der Waals surface area contributed by atoms with E-state index in [9.17, 15) is 19.7 Å². The molecule has 1 atom stereocenters. The average molecular weight is 470 g/mol. The second-order valence-corrected chi connectivity index (χ2v) is 8.39. The Balaban J connectivity index is 2.02. The van der Waals surface area contributed by atoms with Crippen molar-refractivity contribution in [3.8, 4) is 0 Å². The molecule has 1 aromatic heterocycles. The first-order valence-corrected chi connectivity index (χ1v) is 10.6. The molecule has 0 spiro atoms. The van der Waals surface area contributed by atoms with Gasteiger partial charge >= 0.3 is 5.97 Å². The van der Waals surface area contributed by atoms with Crippen molar-refractivity contribution in [1.82, 2.24) is 4.57 Å². The lowest BCUT2D eigenvalue weighted by molar-refractivity contribution is -0.385. The molecule has 0 fully saturated rings. The minimum atomic E-state index is -1.05. The van der Waals surface area contributed by atoms with E-state index in [1.54, 1.807) is 43.3 Å². The van der Waals surface area contributed by atoms with Crippen LogP contribution in [0.25, 0.3) is 6.08 Å². The summed E-state index contributed by atoms with van der Waals surface area (Å²) < 4.78 is 6.60. The number of methoxy groups -OCH3 is 1. The molecular formula is C22H16ClN3O5S. The Kier molecular flexibility index (Phi) is 5.77. The second-order valence-electron chi connectivity index (χ2n) is 6.94. The molecule has 2 heterocycles. The number of hydrogen-bond donors (Lipinski definition) is 0. The van der Waals surface area contributed by atoms with Crippen LogP contribution in [0.4, 0.5) is 5.69 Å². The summed E-state index contributed by atoms with van der Waals surface area (Å²) in [6.45, 7) is 1.62. The zero-order valence-corrected chi connectivity index (χ0v) is 18.5. The number of benzene rings is 2. The number of para-hydroxylation sites is 1. The molecular weight excluding hydrogens is 454 g/mol. The molecule has 0 unspecified atom stereocenters. The number of aromatic nitrogens is 1. The number of rotatable bonds is 4. The smallest absolute Gasteiger partial charge is 0.338 e. The third-order valence-corrected chi connectivity index (χ3v) is 6.26. The molecule has 8 nitrogen and oxygen atoms in total. The minimum Gasteiger partial charge on any atom is -0.466 e. The minimum absolute atomic E-state index is 0.0762. The van der Waals surface area contributed by atoms with Crippen LogP contribution in [0.5, 0.6) is 0 Å². The van der Waals surface area contributed by atoms with Gasteiger partial charge in [-0.05, 0) is 36.8 Å². The fourth-order valence-electron chi connectivity index (χ4n) is 3.58. The van der Waals surface area contributed by atoms with E-state index in [-0.39, 0.29) is 16.8 Å². The van der Waals surface area contributed by atoms with Gasteiger partial charge in [-0.2, -0.15) is 0 Å². The lowest BCUT2D eigenvalue weighted by atomic mass is 9.94. The van der Waals surface area contributed by atoms with E-state index in [0.717, 1.165) is 16.9 Å². The summed E-state index contributed by atoms with van der Waals surface area (Å²) in [5.41, 5.74) is 0.741. The number of ether oxygens (including phenoxy) is 1. The van der Waals surface area contributed by atoms with Gasteiger partial charge in [0.15, 0.2) is 4.80 Å². The summed E-state index contributed by atoms with van der Waals surface area (Å²) in [5.74, 6) is -0.707. The fraction of sp³-hybridized carbons (Fsp3) is 0.136. The van der Waals surface area contributed by atoms with Gasteiger partial charge in [0.2, 0.25) is 0 Å². The number of esters is 1. The normalized spacial score (nSPS) is 15.8. The highest BCUT2D eigenvalue weighted by Crippen LogP contribution is 2.35. The standard InChI is InChI=1S/C22H16ClN3O5S/c1-12-18(21(28)31-2)19(15-5-3-4-6-16(15)26(29)30)25-20(27)17(32-22(25)24-12)11-13-7-9-14(23)10-8-13/h3-11,19H,1-2H3/b17-11-/t19-/m1/s1. The van der Waals surface area contributed by atoms with Gasteiger partial charge in [-0.15, -0.1) is 0 Å². The fourth-order valence-corrected chi connectivity index (χ4v) is 4.75. The van der Waals surface area contributed by atoms with Crippen molar-refractivity contribution >= 4 is 40.7 Å². The molecule has 4 rings (SSSR count). The molecule has 10 heteroatoms. The third kappa shape index (κ3) is 3.76. The molecule has 1 aliphatic heterocycles. The summed E-state index contributed by atoms with van der Waals surface area (Å²) in [7, 11) is 1.21. The number of carbonyl (C=O) groups excluding carboxylic acids is 1. The molecule has 0 N–H and O–H groups in total. The molecule has 1 aliphatic rings. The predicted molar refractivity (Wildman–Crippen MR) is 120 cm³/mol. The van der Waals surface area contributed by atoms with Gasteiger partial charge in [0, 0.05) is 11.1 Å². The van der Waals surface area contributed by atoms with Crippen molar-refractivity contribution in [3.05, 3.63) is 106 Å². The van der Waals surface area contributed by atoms with E-state index in [2.05, 4.69) is 4.99 Å². The maximum absolute atomic E-state index is 13.4. The Morgan fingerprint density at radius 3 is 2.59 bits per heavy atom. The van der Waals surface area contributed by atoms with Crippen LogP contribution >= 0.6 is 22.9 Å². The number of fused-ring (bicyclic) bond motifs is 1. The SMILES string of the molecule is COC(=O)C1=C(C)N=c2s/c(=C\c3ccc(Cl)cc3)c(=O)n2[C@@H]1c1ccccc1[N+](=O)[O-]. The van der Waals surface area contributed by atoms with Crippen LogP contribution in [-0.4, -0.2) is 22.6 Å². The average Bonchev–Trinajstić information content (AvgIpc) is 3.08. The highest BCUT2D eigenvalue weighted by Gasteiger charge is 2.36. The highest BCUT2D eigenvalue weighted by atomic mass is 35.5. The molecule has 0 amide bonds. The quantitative estimate of drug-likeness (QED) is 0.332. The summed E-state index contributed by atoms with van der Waals surface area (Å²) in [6.07, 6.45) is 1.69. The molecule has 0 aliphatic carbocycles. The molecule has 0 saturated carbocycles. The van der Waals surface area contributed by atoms with Crippen LogP contribution in [0, 0.1) is 10.1 Å². The topological polar surface area (TPSA) is 104 Å². The summed E-state index contributed by atoms with van der Waals surface area (Å²) in [4.78, 5) is 42.0. The van der Waals surface area contributed by atoms with Gasteiger partial charge in [-0.1, -0.05) is 47.2 Å². The number of nitro benzene ring substituents is 1. The maximum Gasteiger partial charge on any atom is 0.338 e. The third-order valence-electron chi connectivity index (χ3n) is 5.02. The first-order valence-electron chi connectivity index (χ1n) is 9.41. The first-order chi connectivity index (χ1) is 15.3. The molecule has 3 aromatic rings. The van der Waals surface area contributed by atoms with E-state index >= 15 is 0 Å². The zero-order valence-electron chi connectivity index (χ0n) is 16.9. The van der Waals surface area contributed by atoms with E-state index < -0.39 is 22.5 Å². The van der Waals surface area contributed by atoms with Crippen molar-refractivity contribution in [2.45, 2.75) is 13.0 Å². The van der Waals surface area contributed by atoms with Crippen LogP contribution in [0.1, 0.15) is 24.1 Å². The summed E-state index contributed by atoms with van der Waals surface area (Å²) in [6, 6.07) is 11.9. The van der Waals surface area contributed by atoms with Crippen LogP contribution in [0.3, 0.4) is 0 Å². The van der Waals surface area contributed by atoms with Gasteiger partial charge in [0.05, 0.1) is 33.4 Å². The number of nitro groups is 1. The number of nitrogens with zero attached hydrogens (tertiary/aromatic N) is 3. The number of allylic oxidation sites excluding steroid dienone is 1. The lowest BCUT2D eigenvalue weighted by Crippen LogP contribution is -2.40. The Morgan fingerprint density at radius 2 is 1.94 bits per heavy atom. The van der Waals surface area contributed by atoms with E-state index in [0.29, 0.717) is 20.1 Å². The highest BCUT2D eigenvalue weighted by molar-refractivity contribution is 7.07. The molecule has 0 radical (unpaired) electrons. The number of thiazole rings is 1. The number of hydrogen-bond acceptors (Lipinski definition) is 7. The molecule has 0 saturated heterocycles. The Hall–Kier alpha value is -3.56. The lowest BCUT2D eigenvalue weighted by Gasteiger charge is -2.24. The van der Waals surface area contributed by atoms with Gasteiger partial charge in [-0.3, -0.25) is 19.5 Å². The predicted octanol–water partition coefficient (Wildman–Crippen LogP) is 2.97. The van der Waals surface area contributed by atoms with Gasteiger partial charge in [0.25, 0.3) is 11.2 Å². The van der Waals surface area contributed by atoms with Crippen LogP contribution in [-0.2, 0) is 9.53 Å². The van der Waals surface area contributed by atoms with E-state index in [1.165, 1.54) is 29.9 Å². The van der Waals surface area contributed by atoms with Crippen LogP contribution in [0.15, 0.2) is 69.6 Å². The van der Waals surface area contributed by atoms with Crippen molar-refractivity contribution in [2.75, 3.05) is 7.11 Å². The van der Waals surface area contributed by atoms with Crippen LogP contribution < -0.4 is 14.9 Å². The molecule has 0 bridgehead atoms. The zero-order chi connectivity index (χ0) is 23.0. The van der Waals surface area contributed by atoms with Gasteiger partial charge in [0.1, 0.15) is 6.04 Å². The van der Waals surface area contributed by atoms with Gasteiger partial charge in [-0.25, -0.2) is 9.79 Å².